The lowest BCUT2D eigenvalue weighted by atomic mass is 10.0. The number of aliphatic hydroxyl groups is 1. The predicted molar refractivity (Wildman–Crippen MR) is 76.7 cm³/mol. The van der Waals surface area contributed by atoms with Crippen LogP contribution in [0.5, 0.6) is 0 Å². The van der Waals surface area contributed by atoms with Gasteiger partial charge in [-0.1, -0.05) is 25.2 Å². The van der Waals surface area contributed by atoms with Crippen molar-refractivity contribution >= 4 is 17.2 Å². The van der Waals surface area contributed by atoms with Gasteiger partial charge < -0.3 is 10.0 Å². The van der Waals surface area contributed by atoms with Crippen LogP contribution in [-0.4, -0.2) is 29.1 Å². The number of carbonyl (C=O) groups excluding carboxylic acids is 1. The molecule has 1 aromatic rings. The lowest BCUT2D eigenvalue weighted by Gasteiger charge is -2.15. The number of likely N-dealkylation sites (tertiary alicyclic amines) is 1. The highest BCUT2D eigenvalue weighted by molar-refractivity contribution is 7.10. The molecule has 0 saturated carbocycles. The number of amides is 1. The second-order valence-electron chi connectivity index (χ2n) is 4.89. The van der Waals surface area contributed by atoms with Crippen molar-refractivity contribution in [3.05, 3.63) is 21.9 Å². The molecule has 1 unspecified atom stereocenters. The quantitative estimate of drug-likeness (QED) is 0.858. The molecule has 1 saturated heterocycles. The summed E-state index contributed by atoms with van der Waals surface area (Å²) < 4.78 is 0. The van der Waals surface area contributed by atoms with E-state index >= 15 is 0 Å². The fourth-order valence-corrected chi connectivity index (χ4v) is 3.30. The van der Waals surface area contributed by atoms with Gasteiger partial charge >= 0.3 is 0 Å². The van der Waals surface area contributed by atoms with Crippen LogP contribution in [0, 0.1) is 17.8 Å². The molecule has 3 nitrogen and oxygen atoms in total. The van der Waals surface area contributed by atoms with Gasteiger partial charge in [-0.3, -0.25) is 4.79 Å². The summed E-state index contributed by atoms with van der Waals surface area (Å²) in [5, 5.41) is 10.6. The number of nitrogens with zero attached hydrogens (tertiary/aromatic N) is 1. The largest absolute Gasteiger partial charge is 0.384 e. The van der Waals surface area contributed by atoms with E-state index in [0.29, 0.717) is 18.9 Å². The van der Waals surface area contributed by atoms with Crippen LogP contribution in [0.4, 0.5) is 0 Å². The molecule has 2 heterocycles. The van der Waals surface area contributed by atoms with Gasteiger partial charge in [0.25, 0.3) is 0 Å². The normalized spacial score (nSPS) is 18.5. The second kappa shape index (κ2) is 6.74. The summed E-state index contributed by atoms with van der Waals surface area (Å²) in [5.74, 6) is 6.33. The highest BCUT2D eigenvalue weighted by Crippen LogP contribution is 2.25. The molecule has 0 aromatic carbocycles. The first-order valence-electron chi connectivity index (χ1n) is 6.67. The minimum Gasteiger partial charge on any atom is -0.384 e. The fourth-order valence-electron chi connectivity index (χ4n) is 2.47. The molecule has 0 spiro atoms. The number of thiophene rings is 1. The first-order chi connectivity index (χ1) is 9.22. The molecule has 1 atom stereocenters. The summed E-state index contributed by atoms with van der Waals surface area (Å²) in [5.41, 5.74) is 0.922. The highest BCUT2D eigenvalue weighted by atomic mass is 32.1. The number of hydrogen-bond acceptors (Lipinski definition) is 3. The standard InChI is InChI=1S/C15H19NO2S/c1-2-4-12-8-15(18)16(9-12)10-14-7-13(11-19-14)5-3-6-17/h7,11-12,17H,2,4,6,8-10H2,1H3. The lowest BCUT2D eigenvalue weighted by Crippen LogP contribution is -2.24. The summed E-state index contributed by atoms with van der Waals surface area (Å²) in [6, 6.07) is 2.01. The Balaban J connectivity index is 1.94. The second-order valence-corrected chi connectivity index (χ2v) is 5.89. The van der Waals surface area contributed by atoms with Gasteiger partial charge in [-0.15, -0.1) is 11.3 Å². The van der Waals surface area contributed by atoms with E-state index in [1.807, 2.05) is 16.3 Å². The Labute approximate surface area is 118 Å². The smallest absolute Gasteiger partial charge is 0.223 e. The summed E-state index contributed by atoms with van der Waals surface area (Å²) in [4.78, 5) is 15.0. The zero-order chi connectivity index (χ0) is 13.7. The van der Waals surface area contributed by atoms with Gasteiger partial charge in [-0.25, -0.2) is 0 Å². The van der Waals surface area contributed by atoms with Crippen molar-refractivity contribution in [2.45, 2.75) is 32.7 Å². The van der Waals surface area contributed by atoms with Gasteiger partial charge in [0.05, 0.1) is 6.54 Å². The van der Waals surface area contributed by atoms with Crippen molar-refractivity contribution in [3.8, 4) is 11.8 Å². The van der Waals surface area contributed by atoms with E-state index in [-0.39, 0.29) is 12.5 Å². The zero-order valence-corrected chi connectivity index (χ0v) is 12.0. The Morgan fingerprint density at radius 3 is 3.16 bits per heavy atom. The molecule has 1 aliphatic heterocycles. The molecule has 102 valence electrons. The van der Waals surface area contributed by atoms with Gasteiger partial charge in [0.15, 0.2) is 0 Å². The molecule has 0 radical (unpaired) electrons. The van der Waals surface area contributed by atoms with Crippen molar-refractivity contribution in [1.82, 2.24) is 4.90 Å². The van der Waals surface area contributed by atoms with Gasteiger partial charge in [0.1, 0.15) is 6.61 Å². The van der Waals surface area contributed by atoms with Crippen LogP contribution in [-0.2, 0) is 11.3 Å². The van der Waals surface area contributed by atoms with E-state index in [1.165, 1.54) is 0 Å². The van der Waals surface area contributed by atoms with E-state index in [0.717, 1.165) is 29.8 Å². The molecule has 1 aliphatic rings. The third kappa shape index (κ3) is 3.82. The molecule has 19 heavy (non-hydrogen) atoms. The molecule has 0 bridgehead atoms. The van der Waals surface area contributed by atoms with Crippen molar-refractivity contribution in [3.63, 3.8) is 0 Å². The van der Waals surface area contributed by atoms with Crippen LogP contribution in [0.2, 0.25) is 0 Å². The number of rotatable bonds is 4. The molecule has 1 amide bonds. The van der Waals surface area contributed by atoms with Crippen LogP contribution in [0.1, 0.15) is 36.6 Å². The van der Waals surface area contributed by atoms with Gasteiger partial charge in [0.2, 0.25) is 5.91 Å². The number of carbonyl (C=O) groups is 1. The zero-order valence-electron chi connectivity index (χ0n) is 11.2. The topological polar surface area (TPSA) is 40.5 Å². The third-order valence-corrected chi connectivity index (χ3v) is 4.23. The van der Waals surface area contributed by atoms with Crippen LogP contribution in [0.15, 0.2) is 11.4 Å². The van der Waals surface area contributed by atoms with Crippen LogP contribution >= 0.6 is 11.3 Å². The Hall–Kier alpha value is -1.31. The van der Waals surface area contributed by atoms with E-state index in [9.17, 15) is 4.79 Å². The number of aliphatic hydroxyl groups excluding tert-OH is 1. The minimum absolute atomic E-state index is 0.117. The highest BCUT2D eigenvalue weighted by Gasteiger charge is 2.28. The van der Waals surface area contributed by atoms with Crippen molar-refractivity contribution in [2.24, 2.45) is 5.92 Å². The molecule has 0 aliphatic carbocycles. The van der Waals surface area contributed by atoms with Crippen LogP contribution in [0.25, 0.3) is 0 Å². The van der Waals surface area contributed by atoms with Gasteiger partial charge in [-0.2, -0.15) is 0 Å². The summed E-state index contributed by atoms with van der Waals surface area (Å²) in [6.07, 6.45) is 2.99. The van der Waals surface area contributed by atoms with E-state index < -0.39 is 0 Å². The van der Waals surface area contributed by atoms with Crippen LogP contribution in [0.3, 0.4) is 0 Å². The fraction of sp³-hybridized carbons (Fsp3) is 0.533. The maximum atomic E-state index is 11.9. The molecule has 1 aromatic heterocycles. The Morgan fingerprint density at radius 2 is 2.42 bits per heavy atom. The Bertz CT molecular complexity index is 498. The molecule has 4 heteroatoms. The van der Waals surface area contributed by atoms with Gasteiger partial charge in [-0.05, 0) is 18.4 Å². The summed E-state index contributed by atoms with van der Waals surface area (Å²) >= 11 is 1.63. The average Bonchev–Trinajstić information content (AvgIpc) is 2.96. The minimum atomic E-state index is -0.117. The summed E-state index contributed by atoms with van der Waals surface area (Å²) in [7, 11) is 0. The maximum absolute atomic E-state index is 11.9. The molecule has 2 rings (SSSR count). The van der Waals surface area contributed by atoms with Crippen molar-refractivity contribution in [1.29, 1.82) is 0 Å². The van der Waals surface area contributed by atoms with E-state index in [4.69, 9.17) is 5.11 Å². The average molecular weight is 277 g/mol. The maximum Gasteiger partial charge on any atom is 0.223 e. The molecule has 1 N–H and O–H groups in total. The predicted octanol–water partition coefficient (Wildman–Crippen LogP) is 2.24. The monoisotopic (exact) mass is 277 g/mol. The lowest BCUT2D eigenvalue weighted by molar-refractivity contribution is -0.128. The van der Waals surface area contributed by atoms with Gasteiger partial charge in [0, 0.05) is 28.8 Å². The van der Waals surface area contributed by atoms with Crippen LogP contribution < -0.4 is 0 Å². The van der Waals surface area contributed by atoms with Crippen molar-refractivity contribution < 1.29 is 9.90 Å². The third-order valence-electron chi connectivity index (χ3n) is 3.30. The molecule has 1 fully saturated rings. The first-order valence-corrected chi connectivity index (χ1v) is 7.55. The first kappa shape index (κ1) is 14.1. The Kier molecular flexibility index (Phi) is 5.00. The van der Waals surface area contributed by atoms with Crippen molar-refractivity contribution in [2.75, 3.05) is 13.2 Å². The van der Waals surface area contributed by atoms with E-state index in [2.05, 4.69) is 18.8 Å². The SMILES string of the molecule is CCCC1CC(=O)N(Cc2cc(C#CCO)cs2)C1. The summed E-state index contributed by atoms with van der Waals surface area (Å²) in [6.45, 7) is 3.64. The van der Waals surface area contributed by atoms with E-state index in [1.54, 1.807) is 11.3 Å². The number of hydrogen-bond donors (Lipinski definition) is 1. The molecular weight excluding hydrogens is 258 g/mol. The Morgan fingerprint density at radius 1 is 1.58 bits per heavy atom. The molecular formula is C15H19NO2S.